The molecule has 1 saturated carbocycles. The first-order chi connectivity index (χ1) is 12.3. The maximum Gasteiger partial charge on any atom is 0.213 e. The number of nitrogens with one attached hydrogen (secondary N) is 2. The van der Waals surface area contributed by atoms with Gasteiger partial charge in [-0.25, -0.2) is 4.98 Å². The number of likely N-dealkylation sites (tertiary alicyclic amines) is 1. The molecule has 6 nitrogen and oxygen atoms in total. The second-order valence-corrected chi connectivity index (χ2v) is 7.01. The molecule has 0 radical (unpaired) electrons. The van der Waals surface area contributed by atoms with Gasteiger partial charge in [-0.1, -0.05) is 12.5 Å². The average Bonchev–Trinajstić information content (AvgIpc) is 3.49. The van der Waals surface area contributed by atoms with E-state index < -0.39 is 0 Å². The first-order valence-electron chi connectivity index (χ1n) is 9.58. The van der Waals surface area contributed by atoms with Gasteiger partial charge in [-0.3, -0.25) is 4.99 Å². The van der Waals surface area contributed by atoms with Crippen molar-refractivity contribution < 1.29 is 4.74 Å². The topological polar surface area (TPSA) is 61.8 Å². The van der Waals surface area contributed by atoms with Crippen LogP contribution in [0.4, 0.5) is 0 Å². The van der Waals surface area contributed by atoms with Crippen LogP contribution in [0.3, 0.4) is 0 Å². The fourth-order valence-electron chi connectivity index (χ4n) is 3.01. The Morgan fingerprint density at radius 2 is 2.04 bits per heavy atom. The van der Waals surface area contributed by atoms with Gasteiger partial charge in [-0.05, 0) is 50.3 Å². The highest BCUT2D eigenvalue weighted by Crippen LogP contribution is 2.29. The van der Waals surface area contributed by atoms with Gasteiger partial charge in [0.15, 0.2) is 5.96 Å². The number of guanidine groups is 1. The molecular weight excluding hydrogens is 441 g/mol. The second-order valence-electron chi connectivity index (χ2n) is 7.01. The van der Waals surface area contributed by atoms with Crippen LogP contribution in [0.15, 0.2) is 23.3 Å². The molecule has 1 saturated heterocycles. The van der Waals surface area contributed by atoms with Crippen molar-refractivity contribution in [3.8, 4) is 5.88 Å². The third-order valence-electron chi connectivity index (χ3n) is 4.81. The molecule has 0 unspecified atom stereocenters. The number of pyridine rings is 1. The summed E-state index contributed by atoms with van der Waals surface area (Å²) in [7, 11) is 1.81. The number of aromatic nitrogens is 1. The minimum atomic E-state index is 0. The predicted molar refractivity (Wildman–Crippen MR) is 116 cm³/mol. The molecule has 26 heavy (non-hydrogen) atoms. The second kappa shape index (κ2) is 11.6. The highest BCUT2D eigenvalue weighted by Gasteiger charge is 2.22. The van der Waals surface area contributed by atoms with Gasteiger partial charge >= 0.3 is 0 Å². The SMILES string of the molecule is CN=C(NCCN1CCCCC1)NCc1ccc(OCC2CC2)nc1.I. The van der Waals surface area contributed by atoms with Gasteiger partial charge < -0.3 is 20.3 Å². The van der Waals surface area contributed by atoms with Crippen molar-refractivity contribution >= 4 is 29.9 Å². The van der Waals surface area contributed by atoms with Crippen molar-refractivity contribution in [1.82, 2.24) is 20.5 Å². The van der Waals surface area contributed by atoms with E-state index in [2.05, 4.69) is 31.6 Å². The Morgan fingerprint density at radius 3 is 2.69 bits per heavy atom. The molecule has 2 fully saturated rings. The van der Waals surface area contributed by atoms with E-state index in [1.807, 2.05) is 19.3 Å². The van der Waals surface area contributed by atoms with Crippen LogP contribution in [-0.4, -0.2) is 55.7 Å². The normalized spacial score (nSPS) is 18.1. The van der Waals surface area contributed by atoms with Gasteiger partial charge in [0, 0.05) is 38.9 Å². The highest BCUT2D eigenvalue weighted by molar-refractivity contribution is 14.0. The van der Waals surface area contributed by atoms with Crippen molar-refractivity contribution in [2.24, 2.45) is 10.9 Å². The lowest BCUT2D eigenvalue weighted by molar-refractivity contribution is 0.232. The first kappa shape index (κ1) is 21.2. The monoisotopic (exact) mass is 473 g/mol. The number of aliphatic imine (C=N–C) groups is 1. The number of piperidine rings is 1. The van der Waals surface area contributed by atoms with Gasteiger partial charge in [0.25, 0.3) is 0 Å². The van der Waals surface area contributed by atoms with E-state index in [9.17, 15) is 0 Å². The lowest BCUT2D eigenvalue weighted by atomic mass is 10.1. The lowest BCUT2D eigenvalue weighted by Crippen LogP contribution is -2.42. The van der Waals surface area contributed by atoms with Crippen molar-refractivity contribution in [2.45, 2.75) is 38.6 Å². The lowest BCUT2D eigenvalue weighted by Gasteiger charge is -2.26. The number of hydrogen-bond acceptors (Lipinski definition) is 4. The highest BCUT2D eigenvalue weighted by atomic mass is 127. The van der Waals surface area contributed by atoms with Crippen molar-refractivity contribution in [2.75, 3.05) is 39.8 Å². The number of ether oxygens (including phenoxy) is 1. The zero-order chi connectivity index (χ0) is 17.3. The van der Waals surface area contributed by atoms with Crippen LogP contribution in [0, 0.1) is 5.92 Å². The summed E-state index contributed by atoms with van der Waals surface area (Å²) in [4.78, 5) is 11.2. The Morgan fingerprint density at radius 1 is 1.23 bits per heavy atom. The van der Waals surface area contributed by atoms with Crippen LogP contribution in [-0.2, 0) is 6.54 Å². The maximum absolute atomic E-state index is 5.67. The summed E-state index contributed by atoms with van der Waals surface area (Å²) in [5.74, 6) is 2.31. The summed E-state index contributed by atoms with van der Waals surface area (Å²) >= 11 is 0. The Bertz CT molecular complexity index is 541. The van der Waals surface area contributed by atoms with Crippen molar-refractivity contribution in [3.63, 3.8) is 0 Å². The van der Waals surface area contributed by atoms with Gasteiger partial charge in [-0.2, -0.15) is 0 Å². The summed E-state index contributed by atoms with van der Waals surface area (Å²) in [5, 5.41) is 6.73. The number of rotatable bonds is 8. The predicted octanol–water partition coefficient (Wildman–Crippen LogP) is 2.64. The van der Waals surface area contributed by atoms with Gasteiger partial charge in [-0.15, -0.1) is 24.0 Å². The Kier molecular flexibility index (Phi) is 9.45. The van der Waals surface area contributed by atoms with Crippen LogP contribution < -0.4 is 15.4 Å². The summed E-state index contributed by atoms with van der Waals surface area (Å²) in [6, 6.07) is 4.01. The molecule has 0 amide bonds. The van der Waals surface area contributed by atoms with Gasteiger partial charge in [0.2, 0.25) is 5.88 Å². The third kappa shape index (κ3) is 7.65. The smallest absolute Gasteiger partial charge is 0.213 e. The molecule has 7 heteroatoms. The number of nitrogens with zero attached hydrogens (tertiary/aromatic N) is 3. The molecule has 2 aliphatic rings. The minimum Gasteiger partial charge on any atom is -0.477 e. The zero-order valence-electron chi connectivity index (χ0n) is 15.7. The molecule has 2 N–H and O–H groups in total. The van der Waals surface area contributed by atoms with E-state index in [4.69, 9.17) is 4.74 Å². The average molecular weight is 473 g/mol. The van der Waals surface area contributed by atoms with Crippen LogP contribution in [0.25, 0.3) is 0 Å². The standard InChI is InChI=1S/C19H31N5O.HI/c1-20-19(21-9-12-24-10-3-2-4-11-24)23-14-17-7-8-18(22-13-17)25-15-16-5-6-16;/h7-8,13,16H,2-6,9-12,14-15H2,1H3,(H2,20,21,23);1H. The van der Waals surface area contributed by atoms with E-state index in [1.165, 1.54) is 45.2 Å². The van der Waals surface area contributed by atoms with Gasteiger partial charge in [0.05, 0.1) is 6.61 Å². The van der Waals surface area contributed by atoms with E-state index in [0.29, 0.717) is 6.54 Å². The molecule has 2 heterocycles. The number of hydrogen-bond donors (Lipinski definition) is 2. The number of halogens is 1. The van der Waals surface area contributed by atoms with Crippen molar-refractivity contribution in [3.05, 3.63) is 23.9 Å². The zero-order valence-corrected chi connectivity index (χ0v) is 18.1. The molecule has 0 aromatic carbocycles. The Balaban J connectivity index is 0.00000243. The van der Waals surface area contributed by atoms with E-state index in [0.717, 1.165) is 43.0 Å². The maximum atomic E-state index is 5.67. The molecule has 1 aliphatic carbocycles. The largest absolute Gasteiger partial charge is 0.477 e. The molecule has 1 aromatic heterocycles. The van der Waals surface area contributed by atoms with E-state index >= 15 is 0 Å². The Labute approximate surface area is 174 Å². The third-order valence-corrected chi connectivity index (χ3v) is 4.81. The fraction of sp³-hybridized carbons (Fsp3) is 0.684. The van der Waals surface area contributed by atoms with E-state index in [1.54, 1.807) is 0 Å². The molecule has 1 aliphatic heterocycles. The summed E-state index contributed by atoms with van der Waals surface area (Å²) in [6.45, 7) is 5.97. The molecule has 3 rings (SSSR count). The molecule has 0 atom stereocenters. The molecule has 0 bridgehead atoms. The van der Waals surface area contributed by atoms with Crippen molar-refractivity contribution in [1.29, 1.82) is 0 Å². The van der Waals surface area contributed by atoms with Crippen LogP contribution >= 0.6 is 24.0 Å². The molecule has 146 valence electrons. The molecule has 0 spiro atoms. The van der Waals surface area contributed by atoms with Crippen LogP contribution in [0.5, 0.6) is 5.88 Å². The fourth-order valence-corrected chi connectivity index (χ4v) is 3.01. The summed E-state index contributed by atoms with van der Waals surface area (Å²) < 4.78 is 5.67. The molecule has 1 aromatic rings. The summed E-state index contributed by atoms with van der Waals surface area (Å²) in [6.07, 6.45) is 8.51. The van der Waals surface area contributed by atoms with Gasteiger partial charge in [0.1, 0.15) is 0 Å². The first-order valence-corrected chi connectivity index (χ1v) is 9.58. The van der Waals surface area contributed by atoms with Crippen LogP contribution in [0.1, 0.15) is 37.7 Å². The minimum absolute atomic E-state index is 0. The summed E-state index contributed by atoms with van der Waals surface area (Å²) in [5.41, 5.74) is 1.12. The molecular formula is C19H32IN5O. The Hall–Kier alpha value is -1.09. The quantitative estimate of drug-likeness (QED) is 0.346. The van der Waals surface area contributed by atoms with Crippen LogP contribution in [0.2, 0.25) is 0 Å². The van der Waals surface area contributed by atoms with E-state index in [-0.39, 0.29) is 24.0 Å².